The number of halogens is 1. The Morgan fingerprint density at radius 1 is 1.67 bits per heavy atom. The molecule has 1 rings (SSSR count). The quantitative estimate of drug-likeness (QED) is 0.546. The molecule has 1 aromatic rings. The standard InChI is InChI=1S/C7H7ClN/c1-2-6-3-4-9-7(8)5-6/h2-5H,1H3. The predicted molar refractivity (Wildman–Crippen MR) is 38.3 cm³/mol. The van der Waals surface area contributed by atoms with E-state index >= 15 is 0 Å². The lowest BCUT2D eigenvalue weighted by molar-refractivity contribution is 1.28. The Hall–Kier alpha value is -0.560. The van der Waals surface area contributed by atoms with Crippen molar-refractivity contribution in [3.8, 4) is 0 Å². The third kappa shape index (κ3) is 1.68. The highest BCUT2D eigenvalue weighted by Gasteiger charge is 1.89. The van der Waals surface area contributed by atoms with Crippen molar-refractivity contribution in [3.63, 3.8) is 0 Å². The highest BCUT2D eigenvalue weighted by Crippen LogP contribution is 2.07. The minimum atomic E-state index is 0.547. The number of aromatic nitrogens is 1. The maximum Gasteiger partial charge on any atom is 0.129 e. The van der Waals surface area contributed by atoms with Gasteiger partial charge in [0.2, 0.25) is 0 Å². The van der Waals surface area contributed by atoms with Crippen LogP contribution in [0, 0.1) is 6.42 Å². The van der Waals surface area contributed by atoms with Crippen molar-refractivity contribution < 1.29 is 0 Å². The van der Waals surface area contributed by atoms with E-state index in [9.17, 15) is 0 Å². The zero-order valence-corrected chi connectivity index (χ0v) is 5.89. The van der Waals surface area contributed by atoms with E-state index in [4.69, 9.17) is 11.6 Å². The third-order valence-electron chi connectivity index (χ3n) is 1.08. The van der Waals surface area contributed by atoms with Gasteiger partial charge in [-0.05, 0) is 24.1 Å². The molecule has 47 valence electrons. The van der Waals surface area contributed by atoms with E-state index in [0.717, 1.165) is 5.56 Å². The molecule has 0 aliphatic heterocycles. The lowest BCUT2D eigenvalue weighted by Crippen LogP contribution is -1.78. The smallest absolute Gasteiger partial charge is 0.129 e. The summed E-state index contributed by atoms with van der Waals surface area (Å²) < 4.78 is 0. The van der Waals surface area contributed by atoms with Crippen molar-refractivity contribution in [1.29, 1.82) is 0 Å². The number of hydrogen-bond acceptors (Lipinski definition) is 1. The first-order valence-electron chi connectivity index (χ1n) is 2.74. The summed E-state index contributed by atoms with van der Waals surface area (Å²) in [5.41, 5.74) is 1.11. The second-order valence-electron chi connectivity index (χ2n) is 1.70. The summed E-state index contributed by atoms with van der Waals surface area (Å²) in [5.74, 6) is 0. The van der Waals surface area contributed by atoms with Crippen molar-refractivity contribution in [2.45, 2.75) is 6.92 Å². The lowest BCUT2D eigenvalue weighted by Gasteiger charge is -1.92. The first kappa shape index (κ1) is 6.56. The molecule has 0 unspecified atom stereocenters. The van der Waals surface area contributed by atoms with Gasteiger partial charge in [0.1, 0.15) is 5.15 Å². The normalized spacial score (nSPS) is 9.56. The molecule has 2 heteroatoms. The number of hydrogen-bond donors (Lipinski definition) is 0. The van der Waals surface area contributed by atoms with Crippen molar-refractivity contribution in [1.82, 2.24) is 4.98 Å². The summed E-state index contributed by atoms with van der Waals surface area (Å²) in [7, 11) is 0. The van der Waals surface area contributed by atoms with E-state index in [1.165, 1.54) is 0 Å². The highest BCUT2D eigenvalue weighted by molar-refractivity contribution is 6.29. The molecule has 9 heavy (non-hydrogen) atoms. The number of pyridine rings is 1. The van der Waals surface area contributed by atoms with Crippen LogP contribution in [0.15, 0.2) is 18.3 Å². The second-order valence-corrected chi connectivity index (χ2v) is 2.09. The van der Waals surface area contributed by atoms with Gasteiger partial charge in [0.05, 0.1) is 0 Å². The van der Waals surface area contributed by atoms with E-state index < -0.39 is 0 Å². The molecule has 0 aliphatic rings. The fourth-order valence-corrected chi connectivity index (χ4v) is 0.779. The summed E-state index contributed by atoms with van der Waals surface area (Å²) >= 11 is 5.59. The van der Waals surface area contributed by atoms with Crippen LogP contribution in [0.5, 0.6) is 0 Å². The highest BCUT2D eigenvalue weighted by atomic mass is 35.5. The van der Waals surface area contributed by atoms with Gasteiger partial charge in [-0.15, -0.1) is 0 Å². The van der Waals surface area contributed by atoms with Crippen molar-refractivity contribution >= 4 is 11.6 Å². The fourth-order valence-electron chi connectivity index (χ4n) is 0.597. The Bertz CT molecular complexity index is 198. The van der Waals surface area contributed by atoms with E-state index in [-0.39, 0.29) is 0 Å². The van der Waals surface area contributed by atoms with Gasteiger partial charge in [-0.1, -0.05) is 18.5 Å². The molecule has 0 N–H and O–H groups in total. The van der Waals surface area contributed by atoms with Gasteiger partial charge in [0.15, 0.2) is 0 Å². The first-order valence-corrected chi connectivity index (χ1v) is 3.11. The molecule has 0 fully saturated rings. The van der Waals surface area contributed by atoms with Gasteiger partial charge in [0, 0.05) is 6.20 Å². The van der Waals surface area contributed by atoms with Crippen LogP contribution in [0.3, 0.4) is 0 Å². The predicted octanol–water partition coefficient (Wildman–Crippen LogP) is 2.31. The summed E-state index contributed by atoms with van der Waals surface area (Å²) in [4.78, 5) is 3.83. The molecule has 1 aromatic heterocycles. The Morgan fingerprint density at radius 2 is 2.44 bits per heavy atom. The lowest BCUT2D eigenvalue weighted by atomic mass is 10.2. The van der Waals surface area contributed by atoms with Crippen LogP contribution in [-0.2, 0) is 0 Å². The minimum absolute atomic E-state index is 0.547. The van der Waals surface area contributed by atoms with Gasteiger partial charge < -0.3 is 0 Å². The van der Waals surface area contributed by atoms with Crippen molar-refractivity contribution in [2.75, 3.05) is 0 Å². The van der Waals surface area contributed by atoms with Crippen LogP contribution in [0.2, 0.25) is 5.15 Å². The molecule has 0 aliphatic carbocycles. The molecule has 1 radical (unpaired) electrons. The number of nitrogens with zero attached hydrogens (tertiary/aromatic N) is 1. The van der Waals surface area contributed by atoms with Gasteiger partial charge in [0.25, 0.3) is 0 Å². The average Bonchev–Trinajstić information content (AvgIpc) is 1.88. The molecule has 0 spiro atoms. The molecular formula is C7H7ClN. The molecule has 0 amide bonds. The SMILES string of the molecule is C[CH]c1ccnc(Cl)c1. The second kappa shape index (κ2) is 2.83. The summed E-state index contributed by atoms with van der Waals surface area (Å²) in [6.07, 6.45) is 3.67. The maximum atomic E-state index is 5.59. The maximum absolute atomic E-state index is 5.59. The monoisotopic (exact) mass is 140 g/mol. The van der Waals surface area contributed by atoms with Crippen LogP contribution >= 0.6 is 11.6 Å². The molecule has 0 saturated heterocycles. The molecule has 0 bridgehead atoms. The van der Waals surface area contributed by atoms with Crippen LogP contribution in [0.1, 0.15) is 12.5 Å². The van der Waals surface area contributed by atoms with Crippen LogP contribution in [0.4, 0.5) is 0 Å². The zero-order valence-electron chi connectivity index (χ0n) is 5.13. The molecule has 1 nitrogen and oxygen atoms in total. The van der Waals surface area contributed by atoms with Crippen LogP contribution < -0.4 is 0 Å². The van der Waals surface area contributed by atoms with Crippen molar-refractivity contribution in [2.24, 2.45) is 0 Å². The Morgan fingerprint density at radius 3 is 2.89 bits per heavy atom. The topological polar surface area (TPSA) is 12.9 Å². The van der Waals surface area contributed by atoms with E-state index in [0.29, 0.717) is 5.15 Å². The summed E-state index contributed by atoms with van der Waals surface area (Å²) in [6.45, 7) is 1.96. The summed E-state index contributed by atoms with van der Waals surface area (Å²) in [5, 5.41) is 0.547. The summed E-state index contributed by atoms with van der Waals surface area (Å²) in [6, 6.07) is 3.73. The van der Waals surface area contributed by atoms with Gasteiger partial charge >= 0.3 is 0 Å². The third-order valence-corrected chi connectivity index (χ3v) is 1.29. The molecule has 0 saturated carbocycles. The molecular weight excluding hydrogens is 134 g/mol. The van der Waals surface area contributed by atoms with E-state index in [1.807, 2.05) is 25.5 Å². The zero-order chi connectivity index (χ0) is 6.69. The van der Waals surface area contributed by atoms with E-state index in [1.54, 1.807) is 6.20 Å². The first-order chi connectivity index (χ1) is 4.33. The number of rotatable bonds is 1. The minimum Gasteiger partial charge on any atom is -0.245 e. The van der Waals surface area contributed by atoms with E-state index in [2.05, 4.69) is 4.98 Å². The Labute approximate surface area is 59.7 Å². The average molecular weight is 141 g/mol. The Kier molecular flexibility index (Phi) is 2.06. The molecule has 0 aromatic carbocycles. The Balaban J connectivity index is 2.94. The van der Waals surface area contributed by atoms with Crippen LogP contribution in [0.25, 0.3) is 0 Å². The van der Waals surface area contributed by atoms with Gasteiger partial charge in [-0.3, -0.25) is 0 Å². The van der Waals surface area contributed by atoms with Gasteiger partial charge in [-0.2, -0.15) is 0 Å². The van der Waals surface area contributed by atoms with Crippen molar-refractivity contribution in [3.05, 3.63) is 35.5 Å². The molecule has 1 heterocycles. The molecule has 0 atom stereocenters. The van der Waals surface area contributed by atoms with Crippen LogP contribution in [-0.4, -0.2) is 4.98 Å². The fraction of sp³-hybridized carbons (Fsp3) is 0.143. The van der Waals surface area contributed by atoms with Gasteiger partial charge in [-0.25, -0.2) is 4.98 Å². The largest absolute Gasteiger partial charge is 0.245 e.